The molecule has 1 aliphatic heterocycles. The van der Waals surface area contributed by atoms with Gasteiger partial charge in [-0.1, -0.05) is 0 Å². The van der Waals surface area contributed by atoms with Crippen molar-refractivity contribution in [3.05, 3.63) is 46.7 Å². The third-order valence-corrected chi connectivity index (χ3v) is 6.31. The van der Waals surface area contributed by atoms with Crippen molar-refractivity contribution in [1.29, 1.82) is 0 Å². The van der Waals surface area contributed by atoms with Crippen LogP contribution in [-0.2, 0) is 0 Å². The average molecular weight is 423 g/mol. The van der Waals surface area contributed by atoms with E-state index in [2.05, 4.69) is 27.5 Å². The van der Waals surface area contributed by atoms with Gasteiger partial charge in [0.1, 0.15) is 0 Å². The molecule has 4 heterocycles. The van der Waals surface area contributed by atoms with Crippen LogP contribution in [0, 0.1) is 20.8 Å². The number of carbonyl (C=O) groups is 1. The first kappa shape index (κ1) is 20.3. The summed E-state index contributed by atoms with van der Waals surface area (Å²) in [6.07, 6.45) is 3.67. The Morgan fingerprint density at radius 3 is 2.73 bits per heavy atom. The van der Waals surface area contributed by atoms with Gasteiger partial charge in [0.05, 0.1) is 17.1 Å². The molecule has 1 atom stereocenters. The molecule has 30 heavy (non-hydrogen) atoms. The summed E-state index contributed by atoms with van der Waals surface area (Å²) in [5.74, 6) is 0.628. The first-order valence-electron chi connectivity index (χ1n) is 10.1. The Balaban J connectivity index is 1.73. The summed E-state index contributed by atoms with van der Waals surface area (Å²) in [6.45, 7) is 8.82. The number of aryl methyl sites for hydroxylation is 3. The normalized spacial score (nSPS) is 16.3. The molecule has 0 spiro atoms. The van der Waals surface area contributed by atoms with Gasteiger partial charge in [0.15, 0.2) is 10.9 Å². The average Bonchev–Trinajstić information content (AvgIpc) is 3.02. The summed E-state index contributed by atoms with van der Waals surface area (Å²) in [4.78, 5) is 29.9. The molecule has 0 aliphatic carbocycles. The van der Waals surface area contributed by atoms with Gasteiger partial charge in [-0.15, -0.1) is 11.3 Å². The van der Waals surface area contributed by atoms with Crippen molar-refractivity contribution < 1.29 is 4.79 Å². The molecule has 0 radical (unpaired) electrons. The Morgan fingerprint density at radius 2 is 2.03 bits per heavy atom. The van der Waals surface area contributed by atoms with Gasteiger partial charge >= 0.3 is 6.03 Å². The van der Waals surface area contributed by atoms with Crippen LogP contribution >= 0.6 is 11.3 Å². The molecule has 7 nitrogen and oxygen atoms in total. The highest BCUT2D eigenvalue weighted by molar-refractivity contribution is 7.15. The van der Waals surface area contributed by atoms with Crippen molar-refractivity contribution in [2.45, 2.75) is 46.6 Å². The molecule has 3 aromatic rings. The number of fused-ring (bicyclic) bond motifs is 1. The second-order valence-corrected chi connectivity index (χ2v) is 8.84. The molecule has 3 aromatic heterocycles. The van der Waals surface area contributed by atoms with E-state index in [1.54, 1.807) is 4.90 Å². The topological polar surface area (TPSA) is 83.0 Å². The van der Waals surface area contributed by atoms with E-state index in [0.717, 1.165) is 52.6 Å². The minimum atomic E-state index is -0.215. The first-order valence-corrected chi connectivity index (χ1v) is 11.0. The van der Waals surface area contributed by atoms with Gasteiger partial charge in [-0.2, -0.15) is 0 Å². The molecule has 0 unspecified atom stereocenters. The fourth-order valence-corrected chi connectivity index (χ4v) is 4.29. The van der Waals surface area contributed by atoms with E-state index in [1.165, 1.54) is 11.3 Å². The Kier molecular flexibility index (Phi) is 5.67. The van der Waals surface area contributed by atoms with Crippen LogP contribution in [0.25, 0.3) is 11.3 Å². The van der Waals surface area contributed by atoms with E-state index in [9.17, 15) is 4.79 Å². The van der Waals surface area contributed by atoms with E-state index >= 15 is 0 Å². The Labute approximate surface area is 180 Å². The largest absolute Gasteiger partial charge is 0.382 e. The van der Waals surface area contributed by atoms with E-state index in [0.29, 0.717) is 10.9 Å². The number of pyridine rings is 2. The fraction of sp³-hybridized carbons (Fsp3) is 0.364. The zero-order valence-electron chi connectivity index (χ0n) is 17.7. The summed E-state index contributed by atoms with van der Waals surface area (Å²) < 4.78 is 0. The highest BCUT2D eigenvalue weighted by Crippen LogP contribution is 2.32. The third-order valence-electron chi connectivity index (χ3n) is 5.33. The number of aromatic nitrogens is 3. The number of amides is 2. The molecule has 0 aromatic carbocycles. The lowest BCUT2D eigenvalue weighted by Crippen LogP contribution is -2.43. The number of nitrogens with zero attached hydrogens (tertiary/aromatic N) is 4. The van der Waals surface area contributed by atoms with E-state index in [1.807, 2.05) is 51.2 Å². The second kappa shape index (κ2) is 8.39. The lowest BCUT2D eigenvalue weighted by Gasteiger charge is -2.32. The molecule has 0 bridgehead atoms. The molecular formula is C22H26N6OS. The zero-order valence-corrected chi connectivity index (χ0v) is 18.5. The molecule has 1 aliphatic rings. The number of anilines is 3. The molecule has 2 N–H and O–H groups in total. The van der Waals surface area contributed by atoms with Gasteiger partial charge in [0.25, 0.3) is 0 Å². The summed E-state index contributed by atoms with van der Waals surface area (Å²) in [5, 5.41) is 7.01. The van der Waals surface area contributed by atoms with Crippen LogP contribution < -0.4 is 15.5 Å². The zero-order chi connectivity index (χ0) is 21.3. The Morgan fingerprint density at radius 1 is 1.20 bits per heavy atom. The first-order chi connectivity index (χ1) is 14.4. The molecule has 0 fully saturated rings. The van der Waals surface area contributed by atoms with Gasteiger partial charge in [0, 0.05) is 34.9 Å². The van der Waals surface area contributed by atoms with Crippen molar-refractivity contribution >= 4 is 34.0 Å². The Bertz CT molecular complexity index is 1040. The third kappa shape index (κ3) is 4.14. The van der Waals surface area contributed by atoms with Crippen LogP contribution in [0.4, 0.5) is 21.4 Å². The smallest absolute Gasteiger partial charge is 0.329 e. The van der Waals surface area contributed by atoms with Crippen LogP contribution in [0.15, 0.2) is 30.5 Å². The highest BCUT2D eigenvalue weighted by Gasteiger charge is 2.28. The number of urea groups is 1. The molecule has 0 saturated carbocycles. The fourth-order valence-electron chi connectivity index (χ4n) is 3.48. The van der Waals surface area contributed by atoms with E-state index in [-0.39, 0.29) is 12.1 Å². The van der Waals surface area contributed by atoms with Crippen molar-refractivity contribution in [2.75, 3.05) is 22.1 Å². The molecule has 0 saturated heterocycles. The van der Waals surface area contributed by atoms with E-state index < -0.39 is 0 Å². The maximum Gasteiger partial charge on any atom is 0.329 e. The monoisotopic (exact) mass is 422 g/mol. The molecular weight excluding hydrogens is 396 g/mol. The number of rotatable bonds is 2. The quantitative estimate of drug-likeness (QED) is 0.596. The van der Waals surface area contributed by atoms with Crippen LogP contribution in [0.2, 0.25) is 0 Å². The van der Waals surface area contributed by atoms with Crippen LogP contribution in [-0.4, -0.2) is 33.6 Å². The van der Waals surface area contributed by atoms with Crippen molar-refractivity contribution in [2.24, 2.45) is 0 Å². The Hall–Kier alpha value is -3.00. The van der Waals surface area contributed by atoms with Crippen LogP contribution in [0.5, 0.6) is 0 Å². The van der Waals surface area contributed by atoms with Crippen molar-refractivity contribution in [3.8, 4) is 11.3 Å². The lowest BCUT2D eigenvalue weighted by atomic mass is 10.1. The van der Waals surface area contributed by atoms with Gasteiger partial charge in [-0.05, 0) is 64.8 Å². The van der Waals surface area contributed by atoms with Gasteiger partial charge in [-0.25, -0.2) is 14.8 Å². The summed E-state index contributed by atoms with van der Waals surface area (Å²) >= 11 is 1.49. The van der Waals surface area contributed by atoms with E-state index in [4.69, 9.17) is 4.98 Å². The number of hydrogen-bond acceptors (Lipinski definition) is 6. The predicted molar refractivity (Wildman–Crippen MR) is 122 cm³/mol. The summed E-state index contributed by atoms with van der Waals surface area (Å²) in [6, 6.07) is 7.72. The SMILES string of the molecule is Cc1ccc(-c2ccc3c(n2)N(C(=O)Nc2nc(C)c(C)s2)[C@H](C)CCCN3)cn1. The molecule has 8 heteroatoms. The van der Waals surface area contributed by atoms with Gasteiger partial charge in [-0.3, -0.25) is 15.2 Å². The molecule has 156 valence electrons. The summed E-state index contributed by atoms with van der Waals surface area (Å²) in [5.41, 5.74) is 4.45. The maximum absolute atomic E-state index is 13.3. The maximum atomic E-state index is 13.3. The van der Waals surface area contributed by atoms with Crippen molar-refractivity contribution in [1.82, 2.24) is 15.0 Å². The van der Waals surface area contributed by atoms with Gasteiger partial charge < -0.3 is 5.32 Å². The number of nitrogens with one attached hydrogen (secondary N) is 2. The van der Waals surface area contributed by atoms with Gasteiger partial charge in [0.2, 0.25) is 0 Å². The standard InChI is InChI=1S/C22H26N6OS/c1-13-7-8-17(12-24-13)18-9-10-19-20(26-18)28(14(2)6-5-11-23-19)22(29)27-21-25-15(3)16(4)30-21/h7-10,12,14,23H,5-6,11H2,1-4H3,(H,25,27,29)/t14-/m1/s1. The number of hydrogen-bond donors (Lipinski definition) is 2. The lowest BCUT2D eigenvalue weighted by molar-refractivity contribution is 0.254. The number of carbonyl (C=O) groups excluding carboxylic acids is 1. The summed E-state index contributed by atoms with van der Waals surface area (Å²) in [7, 11) is 0. The van der Waals surface area contributed by atoms with Crippen LogP contribution in [0.3, 0.4) is 0 Å². The highest BCUT2D eigenvalue weighted by atomic mass is 32.1. The predicted octanol–water partition coefficient (Wildman–Crippen LogP) is 5.16. The minimum absolute atomic E-state index is 0.00639. The second-order valence-electron chi connectivity index (χ2n) is 7.63. The van der Waals surface area contributed by atoms with Crippen LogP contribution in [0.1, 0.15) is 36.0 Å². The minimum Gasteiger partial charge on any atom is -0.382 e. The molecule has 2 amide bonds. The van der Waals surface area contributed by atoms with Crippen molar-refractivity contribution in [3.63, 3.8) is 0 Å². The molecule has 4 rings (SSSR count). The number of thiazole rings is 1.